The molecular formula is C11H16. The minimum Gasteiger partial charge on any atom is -0.133 e. The van der Waals surface area contributed by atoms with E-state index in [-0.39, 0.29) is 0 Å². The molecule has 0 saturated carbocycles. The Morgan fingerprint density at radius 2 is 2.09 bits per heavy atom. The molecule has 0 heteroatoms. The third kappa shape index (κ3) is 4.48. The normalized spacial score (nSPS) is 13.7. The quantitative estimate of drug-likeness (QED) is 0.426. The van der Waals surface area contributed by atoms with Crippen molar-refractivity contribution in [2.75, 3.05) is 0 Å². The van der Waals surface area contributed by atoms with Gasteiger partial charge in [-0.1, -0.05) is 20.4 Å². The van der Waals surface area contributed by atoms with Gasteiger partial charge >= 0.3 is 0 Å². The van der Waals surface area contributed by atoms with E-state index in [0.717, 1.165) is 6.42 Å². The molecule has 2 atom stereocenters. The van der Waals surface area contributed by atoms with Crippen molar-refractivity contribution in [2.24, 2.45) is 11.8 Å². The second kappa shape index (κ2) is 5.83. The van der Waals surface area contributed by atoms with Crippen molar-refractivity contribution in [3.8, 4) is 11.8 Å². The summed E-state index contributed by atoms with van der Waals surface area (Å²) >= 11 is 0. The van der Waals surface area contributed by atoms with E-state index in [0.29, 0.717) is 11.8 Å². The van der Waals surface area contributed by atoms with Crippen molar-refractivity contribution < 1.29 is 0 Å². The third-order valence-electron chi connectivity index (χ3n) is 1.86. The van der Waals surface area contributed by atoms with Crippen molar-refractivity contribution in [1.29, 1.82) is 0 Å². The van der Waals surface area contributed by atoms with Crippen molar-refractivity contribution in [3.63, 3.8) is 0 Å². The molecule has 0 spiro atoms. The van der Waals surface area contributed by atoms with Gasteiger partial charge in [-0.15, -0.1) is 17.6 Å². The molecule has 0 radical (unpaired) electrons. The Morgan fingerprint density at radius 1 is 1.45 bits per heavy atom. The van der Waals surface area contributed by atoms with Gasteiger partial charge in [0, 0.05) is 5.92 Å². The molecule has 2 unspecified atom stereocenters. The number of hydrogen-bond donors (Lipinski definition) is 0. The van der Waals surface area contributed by atoms with E-state index in [9.17, 15) is 0 Å². The van der Waals surface area contributed by atoms with Crippen LogP contribution in [0.3, 0.4) is 0 Å². The molecule has 0 aromatic rings. The van der Waals surface area contributed by atoms with Gasteiger partial charge < -0.3 is 0 Å². The van der Waals surface area contributed by atoms with E-state index in [1.807, 2.05) is 13.0 Å². The minimum absolute atomic E-state index is 0.476. The van der Waals surface area contributed by atoms with Crippen molar-refractivity contribution >= 4 is 0 Å². The largest absolute Gasteiger partial charge is 0.133 e. The minimum atomic E-state index is 0.476. The molecule has 0 aromatic heterocycles. The number of allylic oxidation sites excluding steroid dienone is 1. The number of rotatable bonds is 3. The molecule has 60 valence electrons. The van der Waals surface area contributed by atoms with Crippen LogP contribution in [0.15, 0.2) is 18.4 Å². The maximum absolute atomic E-state index is 3.52. The molecule has 0 bridgehead atoms. The first-order chi connectivity index (χ1) is 5.22. The highest BCUT2D eigenvalue weighted by Crippen LogP contribution is 2.13. The molecule has 11 heavy (non-hydrogen) atoms. The van der Waals surface area contributed by atoms with Crippen LogP contribution < -0.4 is 0 Å². The Bertz CT molecular complexity index is 196. The molecule has 0 aliphatic rings. The van der Waals surface area contributed by atoms with Crippen LogP contribution in [0.2, 0.25) is 0 Å². The van der Waals surface area contributed by atoms with Crippen LogP contribution in [-0.2, 0) is 0 Å². The standard InChI is InChI=1S/C11H16/c1-5-7-9-11(4)10(3)8-6-2/h7,10-11H,1,9H2,2-4H3. The first-order valence-electron chi connectivity index (χ1n) is 3.99. The van der Waals surface area contributed by atoms with Crippen molar-refractivity contribution in [2.45, 2.75) is 27.2 Å². The van der Waals surface area contributed by atoms with Gasteiger partial charge in [-0.2, -0.15) is 0 Å². The average molecular weight is 148 g/mol. The third-order valence-corrected chi connectivity index (χ3v) is 1.86. The Labute approximate surface area is 70.0 Å². The van der Waals surface area contributed by atoms with Gasteiger partial charge in [0.15, 0.2) is 0 Å². The summed E-state index contributed by atoms with van der Waals surface area (Å²) in [6, 6.07) is 0. The van der Waals surface area contributed by atoms with Gasteiger partial charge in [-0.05, 0) is 25.3 Å². The molecule has 0 saturated heterocycles. The maximum atomic E-state index is 3.52. The van der Waals surface area contributed by atoms with Crippen LogP contribution in [0.25, 0.3) is 0 Å². The molecule has 0 aliphatic carbocycles. The van der Waals surface area contributed by atoms with E-state index in [1.54, 1.807) is 0 Å². The van der Waals surface area contributed by atoms with E-state index in [4.69, 9.17) is 0 Å². The molecule has 0 amide bonds. The first-order valence-corrected chi connectivity index (χ1v) is 3.99. The van der Waals surface area contributed by atoms with Gasteiger partial charge in [-0.3, -0.25) is 0 Å². The summed E-state index contributed by atoms with van der Waals surface area (Å²) in [5.41, 5.74) is 2.77. The molecular weight excluding hydrogens is 132 g/mol. The zero-order valence-electron chi connectivity index (χ0n) is 7.65. The summed E-state index contributed by atoms with van der Waals surface area (Å²) in [6.07, 6.45) is 3.00. The Hall–Kier alpha value is -0.920. The summed E-state index contributed by atoms with van der Waals surface area (Å²) in [4.78, 5) is 0. The van der Waals surface area contributed by atoms with Crippen LogP contribution >= 0.6 is 0 Å². The number of hydrogen-bond acceptors (Lipinski definition) is 0. The lowest BCUT2D eigenvalue weighted by Gasteiger charge is -2.10. The lowest BCUT2D eigenvalue weighted by atomic mass is 9.93. The summed E-state index contributed by atoms with van der Waals surface area (Å²) in [5, 5.41) is 0. The second-order valence-corrected chi connectivity index (χ2v) is 2.80. The highest BCUT2D eigenvalue weighted by molar-refractivity contribution is 5.01. The summed E-state index contributed by atoms with van der Waals surface area (Å²) in [6.45, 7) is 9.75. The van der Waals surface area contributed by atoms with Gasteiger partial charge in [0.05, 0.1) is 0 Å². The van der Waals surface area contributed by atoms with Gasteiger partial charge in [-0.25, -0.2) is 0 Å². The summed E-state index contributed by atoms with van der Waals surface area (Å²) < 4.78 is 0. The van der Waals surface area contributed by atoms with E-state index >= 15 is 0 Å². The average Bonchev–Trinajstić information content (AvgIpc) is 2.00. The van der Waals surface area contributed by atoms with Crippen LogP contribution in [-0.4, -0.2) is 0 Å². The monoisotopic (exact) mass is 148 g/mol. The predicted octanol–water partition coefficient (Wildman–Crippen LogP) is 3.01. The smallest absolute Gasteiger partial charge is 0.0203 e. The topological polar surface area (TPSA) is 0 Å². The van der Waals surface area contributed by atoms with Crippen molar-refractivity contribution in [1.82, 2.24) is 0 Å². The van der Waals surface area contributed by atoms with Gasteiger partial charge in [0.2, 0.25) is 0 Å². The van der Waals surface area contributed by atoms with Crippen LogP contribution in [0, 0.1) is 23.7 Å². The Morgan fingerprint density at radius 3 is 2.55 bits per heavy atom. The molecule has 0 fully saturated rings. The summed E-state index contributed by atoms with van der Waals surface area (Å²) in [5.74, 6) is 7.15. The first kappa shape index (κ1) is 10.1. The van der Waals surface area contributed by atoms with Crippen LogP contribution in [0.5, 0.6) is 0 Å². The van der Waals surface area contributed by atoms with E-state index in [1.165, 1.54) is 0 Å². The fourth-order valence-electron chi connectivity index (χ4n) is 0.843. The van der Waals surface area contributed by atoms with Crippen LogP contribution in [0.1, 0.15) is 27.2 Å². The lowest BCUT2D eigenvalue weighted by Crippen LogP contribution is -2.03. The molecule has 0 aliphatic heterocycles. The van der Waals surface area contributed by atoms with Crippen LogP contribution in [0.4, 0.5) is 0 Å². The van der Waals surface area contributed by atoms with E-state index in [2.05, 4.69) is 38.0 Å². The second-order valence-electron chi connectivity index (χ2n) is 2.80. The lowest BCUT2D eigenvalue weighted by molar-refractivity contribution is 0.479. The van der Waals surface area contributed by atoms with Crippen molar-refractivity contribution in [3.05, 3.63) is 18.4 Å². The molecule has 0 nitrogen and oxygen atoms in total. The SMILES string of the molecule is C=C=CCC(C)C(C)C#CC. The van der Waals surface area contributed by atoms with Gasteiger partial charge in [0.25, 0.3) is 0 Å². The molecule has 0 aromatic carbocycles. The fraction of sp³-hybridized carbons (Fsp3) is 0.545. The fourth-order valence-corrected chi connectivity index (χ4v) is 0.843. The molecule has 0 heterocycles. The Balaban J connectivity index is 3.87. The maximum Gasteiger partial charge on any atom is 0.0203 e. The highest BCUT2D eigenvalue weighted by atomic mass is 14.1. The zero-order valence-corrected chi connectivity index (χ0v) is 7.65. The summed E-state index contributed by atoms with van der Waals surface area (Å²) in [7, 11) is 0. The Kier molecular flexibility index (Phi) is 5.35. The highest BCUT2D eigenvalue weighted by Gasteiger charge is 2.06. The molecule has 0 rings (SSSR count). The zero-order chi connectivity index (χ0) is 8.69. The van der Waals surface area contributed by atoms with E-state index < -0.39 is 0 Å². The molecule has 0 N–H and O–H groups in total. The predicted molar refractivity (Wildman–Crippen MR) is 50.1 cm³/mol. The van der Waals surface area contributed by atoms with Gasteiger partial charge in [0.1, 0.15) is 0 Å².